The molecule has 6 rings (SSSR count). The van der Waals surface area contributed by atoms with Gasteiger partial charge in [0.1, 0.15) is 11.6 Å². The molecule has 27 heavy (non-hydrogen) atoms. The summed E-state index contributed by atoms with van der Waals surface area (Å²) in [5.41, 5.74) is 1.20. The van der Waals surface area contributed by atoms with Gasteiger partial charge in [0, 0.05) is 18.5 Å². The lowest BCUT2D eigenvalue weighted by Crippen LogP contribution is -2.60. The highest BCUT2D eigenvalue weighted by molar-refractivity contribution is 5.95. The van der Waals surface area contributed by atoms with Crippen LogP contribution >= 0.6 is 0 Å². The van der Waals surface area contributed by atoms with Crippen LogP contribution < -0.4 is 0 Å². The largest absolute Gasteiger partial charge is 0.333 e. The van der Waals surface area contributed by atoms with E-state index in [2.05, 4.69) is 4.90 Å². The minimum atomic E-state index is -0.467. The fraction of sp³-hybridized carbons (Fsp3) is 0.409. The van der Waals surface area contributed by atoms with E-state index < -0.39 is 5.82 Å². The third-order valence-electron chi connectivity index (χ3n) is 6.66. The number of carbonyl (C=O) groups is 1. The molecule has 0 unspecified atom stereocenters. The number of carbonyl (C=O) groups excluding carboxylic acids is 1. The van der Waals surface area contributed by atoms with E-state index in [1.807, 2.05) is 17.0 Å². The highest BCUT2D eigenvalue weighted by Gasteiger charge is 2.54. The molecule has 2 aromatic rings. The zero-order valence-electron chi connectivity index (χ0n) is 15.0. The number of hydrogen-bond donors (Lipinski definition) is 0. The van der Waals surface area contributed by atoms with E-state index in [0.717, 1.165) is 31.5 Å². The van der Waals surface area contributed by atoms with Gasteiger partial charge in [0.25, 0.3) is 5.91 Å². The van der Waals surface area contributed by atoms with Gasteiger partial charge in [-0.15, -0.1) is 0 Å². The third-order valence-corrected chi connectivity index (χ3v) is 6.66. The smallest absolute Gasteiger partial charge is 0.257 e. The molecule has 0 radical (unpaired) electrons. The molecular formula is C22H22F2N2O. The Hall–Kier alpha value is -2.27. The molecule has 4 saturated heterocycles. The minimum absolute atomic E-state index is 0.106. The van der Waals surface area contributed by atoms with Crippen molar-refractivity contribution in [2.45, 2.75) is 30.8 Å². The van der Waals surface area contributed by atoms with Crippen LogP contribution in [0.5, 0.6) is 0 Å². The Kier molecular flexibility index (Phi) is 4.01. The Morgan fingerprint density at radius 1 is 0.926 bits per heavy atom. The van der Waals surface area contributed by atoms with Crippen molar-refractivity contribution in [1.29, 1.82) is 0 Å². The molecule has 3 nitrogen and oxygen atoms in total. The van der Waals surface area contributed by atoms with Crippen LogP contribution in [0.3, 0.4) is 0 Å². The van der Waals surface area contributed by atoms with Crippen molar-refractivity contribution >= 4 is 5.91 Å². The lowest BCUT2D eigenvalue weighted by atomic mass is 9.75. The second-order valence-corrected chi connectivity index (χ2v) is 7.95. The Bertz CT molecular complexity index is 861. The van der Waals surface area contributed by atoms with Crippen molar-refractivity contribution in [2.24, 2.45) is 5.92 Å². The van der Waals surface area contributed by atoms with Crippen LogP contribution in [0.25, 0.3) is 0 Å². The van der Waals surface area contributed by atoms with Crippen molar-refractivity contribution < 1.29 is 13.6 Å². The van der Waals surface area contributed by atoms with Crippen LogP contribution in [-0.2, 0) is 0 Å². The number of nitrogens with zero attached hydrogens (tertiary/aromatic N) is 2. The number of benzene rings is 2. The van der Waals surface area contributed by atoms with Crippen molar-refractivity contribution in [1.82, 2.24) is 9.80 Å². The highest BCUT2D eigenvalue weighted by atomic mass is 19.1. The van der Waals surface area contributed by atoms with E-state index in [4.69, 9.17) is 0 Å². The molecule has 2 bridgehead atoms. The SMILES string of the molecule is O=C(c1ccccc1F)N1C[C@H](c2ccc(F)cc2)[C@H]2[C@@H]1C1CCN2CC1. The molecule has 0 N–H and O–H groups in total. The molecule has 140 valence electrons. The van der Waals surface area contributed by atoms with Crippen LogP contribution in [0.15, 0.2) is 48.5 Å². The standard InChI is InChI=1S/C22H22F2N2O/c23-16-7-5-14(6-8-16)18-13-26(22(27)17-3-1-2-4-19(17)24)20-15-9-11-25(12-10-15)21(18)20/h1-8,15,18,20-21H,9-13H2/t18-,20+,21+/m1/s1. The predicted molar refractivity (Wildman–Crippen MR) is 98.5 cm³/mol. The molecule has 5 heteroatoms. The Morgan fingerprint density at radius 3 is 2.33 bits per heavy atom. The average Bonchev–Trinajstić information content (AvgIpc) is 3.12. The topological polar surface area (TPSA) is 23.6 Å². The first-order chi connectivity index (χ1) is 13.1. The fourth-order valence-corrected chi connectivity index (χ4v) is 5.45. The average molecular weight is 368 g/mol. The lowest BCUT2D eigenvalue weighted by Gasteiger charge is -2.51. The van der Waals surface area contributed by atoms with Gasteiger partial charge in [-0.2, -0.15) is 0 Å². The molecule has 0 saturated carbocycles. The van der Waals surface area contributed by atoms with E-state index in [0.29, 0.717) is 12.5 Å². The number of likely N-dealkylation sites (tertiary alicyclic amines) is 1. The van der Waals surface area contributed by atoms with Gasteiger partial charge in [-0.3, -0.25) is 9.69 Å². The van der Waals surface area contributed by atoms with Crippen LogP contribution in [0.2, 0.25) is 0 Å². The molecule has 0 spiro atoms. The van der Waals surface area contributed by atoms with Gasteiger partial charge in [0.05, 0.1) is 11.6 Å². The van der Waals surface area contributed by atoms with E-state index in [1.54, 1.807) is 18.2 Å². The van der Waals surface area contributed by atoms with E-state index in [9.17, 15) is 13.6 Å². The zero-order chi connectivity index (χ0) is 18.5. The minimum Gasteiger partial charge on any atom is -0.333 e. The van der Waals surface area contributed by atoms with Gasteiger partial charge in [-0.05, 0) is 61.7 Å². The van der Waals surface area contributed by atoms with E-state index in [1.165, 1.54) is 18.2 Å². The molecule has 4 aliphatic heterocycles. The summed E-state index contributed by atoms with van der Waals surface area (Å²) in [7, 11) is 0. The lowest BCUT2D eigenvalue weighted by molar-refractivity contribution is -0.00353. The molecule has 4 fully saturated rings. The molecule has 2 aromatic carbocycles. The van der Waals surface area contributed by atoms with Gasteiger partial charge < -0.3 is 4.90 Å². The van der Waals surface area contributed by atoms with Crippen molar-refractivity contribution in [2.75, 3.05) is 19.6 Å². The summed E-state index contributed by atoms with van der Waals surface area (Å²) >= 11 is 0. The van der Waals surface area contributed by atoms with Crippen molar-refractivity contribution in [3.8, 4) is 0 Å². The first kappa shape index (κ1) is 16.9. The van der Waals surface area contributed by atoms with Crippen LogP contribution in [0.1, 0.15) is 34.7 Å². The summed E-state index contributed by atoms with van der Waals surface area (Å²) in [4.78, 5) is 17.6. The number of rotatable bonds is 2. The van der Waals surface area contributed by atoms with Gasteiger partial charge >= 0.3 is 0 Å². The summed E-state index contributed by atoms with van der Waals surface area (Å²) in [6.45, 7) is 2.65. The third kappa shape index (κ3) is 2.67. The summed E-state index contributed by atoms with van der Waals surface area (Å²) in [6.07, 6.45) is 2.16. The number of halogens is 2. The molecule has 1 amide bonds. The summed E-state index contributed by atoms with van der Waals surface area (Å²) in [5, 5.41) is 0. The van der Waals surface area contributed by atoms with Crippen molar-refractivity contribution in [3.63, 3.8) is 0 Å². The molecule has 0 aliphatic carbocycles. The molecule has 0 aromatic heterocycles. The van der Waals surface area contributed by atoms with Crippen LogP contribution in [0.4, 0.5) is 8.78 Å². The van der Waals surface area contributed by atoms with Gasteiger partial charge in [-0.25, -0.2) is 8.78 Å². The predicted octanol–water partition coefficient (Wildman–Crippen LogP) is 3.67. The number of hydrogen-bond acceptors (Lipinski definition) is 2. The Balaban J connectivity index is 1.53. The number of fused-ring (bicyclic) bond motifs is 2. The summed E-state index contributed by atoms with van der Waals surface area (Å²) in [5.74, 6) is -0.347. The van der Waals surface area contributed by atoms with E-state index >= 15 is 0 Å². The van der Waals surface area contributed by atoms with Crippen LogP contribution in [0, 0.1) is 17.6 Å². The quantitative estimate of drug-likeness (QED) is 0.808. The van der Waals surface area contributed by atoms with Gasteiger partial charge in [0.2, 0.25) is 0 Å². The van der Waals surface area contributed by atoms with Gasteiger partial charge in [-0.1, -0.05) is 24.3 Å². The first-order valence-electron chi connectivity index (χ1n) is 9.68. The fourth-order valence-electron chi connectivity index (χ4n) is 5.45. The second kappa shape index (κ2) is 6.41. The molecule has 4 heterocycles. The molecule has 4 aliphatic rings. The first-order valence-corrected chi connectivity index (χ1v) is 9.68. The molecule has 3 atom stereocenters. The van der Waals surface area contributed by atoms with Crippen molar-refractivity contribution in [3.05, 3.63) is 71.3 Å². The maximum atomic E-state index is 14.3. The molecular weight excluding hydrogens is 346 g/mol. The van der Waals surface area contributed by atoms with Crippen LogP contribution in [-0.4, -0.2) is 47.4 Å². The normalized spacial score (nSPS) is 31.8. The van der Waals surface area contributed by atoms with E-state index in [-0.39, 0.29) is 35.3 Å². The Morgan fingerprint density at radius 2 is 1.63 bits per heavy atom. The Labute approximate surface area is 157 Å². The number of amides is 1. The zero-order valence-corrected chi connectivity index (χ0v) is 15.0. The summed E-state index contributed by atoms with van der Waals surface area (Å²) in [6, 6.07) is 13.2. The summed E-state index contributed by atoms with van der Waals surface area (Å²) < 4.78 is 27.7. The highest BCUT2D eigenvalue weighted by Crippen LogP contribution is 2.47. The van der Waals surface area contributed by atoms with Gasteiger partial charge in [0.15, 0.2) is 0 Å². The second-order valence-electron chi connectivity index (χ2n) is 7.95. The number of piperidine rings is 3. The maximum absolute atomic E-state index is 14.3. The maximum Gasteiger partial charge on any atom is 0.257 e. The monoisotopic (exact) mass is 368 g/mol.